The van der Waals surface area contributed by atoms with Gasteiger partial charge in [0.15, 0.2) is 6.29 Å². The molecule has 0 aliphatic carbocycles. The Bertz CT molecular complexity index is 482. The van der Waals surface area contributed by atoms with Gasteiger partial charge in [-0.05, 0) is 24.6 Å². The van der Waals surface area contributed by atoms with Crippen molar-refractivity contribution in [3.05, 3.63) is 66.2 Å². The summed E-state index contributed by atoms with van der Waals surface area (Å²) in [5, 5.41) is 1.97. The maximum atomic E-state index is 5.97. The van der Waals surface area contributed by atoms with Crippen molar-refractivity contribution in [3.8, 4) is 0 Å². The van der Waals surface area contributed by atoms with Crippen LogP contribution in [0.4, 0.5) is 5.69 Å². The van der Waals surface area contributed by atoms with Gasteiger partial charge in [0.05, 0.1) is 11.7 Å². The first-order valence-corrected chi connectivity index (χ1v) is 7.06. The summed E-state index contributed by atoms with van der Waals surface area (Å²) < 4.78 is 5.64. The van der Waals surface area contributed by atoms with Crippen molar-refractivity contribution < 1.29 is 9.57 Å². The molecule has 0 spiro atoms. The van der Waals surface area contributed by atoms with Crippen molar-refractivity contribution in [1.82, 2.24) is 0 Å². The second kappa shape index (κ2) is 6.07. The minimum absolute atomic E-state index is 0.176. The summed E-state index contributed by atoms with van der Waals surface area (Å²) in [5.41, 5.74) is 2.31. The van der Waals surface area contributed by atoms with Crippen molar-refractivity contribution in [2.75, 3.05) is 11.7 Å². The highest BCUT2D eigenvalue weighted by Gasteiger charge is 2.35. The second-order valence-corrected chi connectivity index (χ2v) is 4.81. The van der Waals surface area contributed by atoms with Crippen molar-refractivity contribution in [1.29, 1.82) is 0 Å². The van der Waals surface area contributed by atoms with Gasteiger partial charge in [-0.1, -0.05) is 48.5 Å². The first-order valence-electron chi connectivity index (χ1n) is 7.06. The average molecular weight is 269 g/mol. The van der Waals surface area contributed by atoms with E-state index in [1.165, 1.54) is 5.56 Å². The van der Waals surface area contributed by atoms with Gasteiger partial charge in [0.25, 0.3) is 0 Å². The molecule has 3 rings (SSSR count). The summed E-state index contributed by atoms with van der Waals surface area (Å²) in [5.74, 6) is 0. The van der Waals surface area contributed by atoms with Gasteiger partial charge in [0, 0.05) is 13.0 Å². The molecule has 1 saturated heterocycles. The molecule has 1 aliphatic rings. The summed E-state index contributed by atoms with van der Waals surface area (Å²) in [4.78, 5) is 5.97. The number of benzene rings is 2. The van der Waals surface area contributed by atoms with Crippen LogP contribution in [0.5, 0.6) is 0 Å². The third kappa shape index (κ3) is 2.69. The van der Waals surface area contributed by atoms with Gasteiger partial charge in [-0.15, -0.1) is 0 Å². The molecule has 0 unspecified atom stereocenters. The predicted molar refractivity (Wildman–Crippen MR) is 79.2 cm³/mol. The number of anilines is 1. The van der Waals surface area contributed by atoms with Crippen LogP contribution in [0.3, 0.4) is 0 Å². The fourth-order valence-corrected chi connectivity index (χ4v) is 2.57. The lowest BCUT2D eigenvalue weighted by Gasteiger charge is -2.24. The van der Waals surface area contributed by atoms with Crippen LogP contribution in [-0.2, 0) is 9.57 Å². The quantitative estimate of drug-likeness (QED) is 0.839. The lowest BCUT2D eigenvalue weighted by Crippen LogP contribution is -2.22. The third-order valence-corrected chi connectivity index (χ3v) is 3.48. The first-order chi connectivity index (χ1) is 9.88. The number of hydrogen-bond donors (Lipinski definition) is 0. The Balaban J connectivity index is 1.89. The normalized spacial score (nSPS) is 22.1. The highest BCUT2D eigenvalue weighted by molar-refractivity contribution is 5.47. The molecule has 1 aliphatic heterocycles. The molecule has 1 fully saturated rings. The van der Waals surface area contributed by atoms with E-state index in [1.807, 2.05) is 36.3 Å². The molecule has 3 nitrogen and oxygen atoms in total. The molecule has 0 bridgehead atoms. The smallest absolute Gasteiger partial charge is 0.186 e. The summed E-state index contributed by atoms with van der Waals surface area (Å²) in [6.45, 7) is 2.65. The van der Waals surface area contributed by atoms with Crippen molar-refractivity contribution >= 4 is 5.69 Å². The van der Waals surface area contributed by atoms with Crippen LogP contribution in [0.25, 0.3) is 0 Å². The Morgan fingerprint density at radius 1 is 1.05 bits per heavy atom. The highest BCUT2D eigenvalue weighted by atomic mass is 16.8. The van der Waals surface area contributed by atoms with Gasteiger partial charge in [0.1, 0.15) is 0 Å². The fraction of sp³-hybridized carbons (Fsp3) is 0.294. The van der Waals surface area contributed by atoms with Gasteiger partial charge in [-0.2, -0.15) is 0 Å². The van der Waals surface area contributed by atoms with Crippen LogP contribution < -0.4 is 5.06 Å². The molecule has 2 atom stereocenters. The topological polar surface area (TPSA) is 21.7 Å². The lowest BCUT2D eigenvalue weighted by atomic mass is 10.0. The van der Waals surface area contributed by atoms with E-state index < -0.39 is 0 Å². The zero-order chi connectivity index (χ0) is 13.8. The molecule has 0 radical (unpaired) electrons. The van der Waals surface area contributed by atoms with Crippen LogP contribution in [0.15, 0.2) is 60.7 Å². The summed E-state index contributed by atoms with van der Waals surface area (Å²) in [6, 6.07) is 20.8. The van der Waals surface area contributed by atoms with E-state index >= 15 is 0 Å². The number of hydrogen-bond acceptors (Lipinski definition) is 3. The molecule has 2 aromatic carbocycles. The monoisotopic (exact) mass is 269 g/mol. The van der Waals surface area contributed by atoms with Crippen LogP contribution >= 0.6 is 0 Å². The van der Waals surface area contributed by atoms with E-state index in [0.29, 0.717) is 6.61 Å². The molecular formula is C17H19NO2. The lowest BCUT2D eigenvalue weighted by molar-refractivity contribution is -0.115. The van der Waals surface area contributed by atoms with Gasteiger partial charge in [-0.25, -0.2) is 9.90 Å². The van der Waals surface area contributed by atoms with E-state index in [9.17, 15) is 0 Å². The van der Waals surface area contributed by atoms with Gasteiger partial charge >= 0.3 is 0 Å². The molecule has 2 aromatic rings. The van der Waals surface area contributed by atoms with Crippen LogP contribution in [0, 0.1) is 0 Å². The van der Waals surface area contributed by atoms with Gasteiger partial charge in [0.2, 0.25) is 0 Å². The molecule has 0 N–H and O–H groups in total. The molecule has 104 valence electrons. The maximum Gasteiger partial charge on any atom is 0.186 e. The van der Waals surface area contributed by atoms with E-state index in [2.05, 4.69) is 36.4 Å². The largest absolute Gasteiger partial charge is 0.350 e. The van der Waals surface area contributed by atoms with E-state index in [-0.39, 0.29) is 12.3 Å². The summed E-state index contributed by atoms with van der Waals surface area (Å²) >= 11 is 0. The Hall–Kier alpha value is -1.84. The number of ether oxygens (including phenoxy) is 1. The SMILES string of the molecule is CCO[C@@H]1C[C@@H](c2ccccc2)N(c2ccccc2)O1. The van der Waals surface area contributed by atoms with E-state index in [1.54, 1.807) is 0 Å². The van der Waals surface area contributed by atoms with Crippen molar-refractivity contribution in [2.45, 2.75) is 25.7 Å². The molecule has 3 heteroatoms. The molecule has 0 aromatic heterocycles. The molecular weight excluding hydrogens is 250 g/mol. The second-order valence-electron chi connectivity index (χ2n) is 4.81. The van der Waals surface area contributed by atoms with E-state index in [4.69, 9.17) is 9.57 Å². The Kier molecular flexibility index (Phi) is 4.00. The Labute approximate surface area is 119 Å². The van der Waals surface area contributed by atoms with Gasteiger partial charge in [-0.3, -0.25) is 0 Å². The summed E-state index contributed by atoms with van der Waals surface area (Å²) in [6.07, 6.45) is 0.664. The minimum Gasteiger partial charge on any atom is -0.350 e. The Morgan fingerprint density at radius 3 is 2.35 bits per heavy atom. The predicted octanol–water partition coefficient (Wildman–Crippen LogP) is 3.93. The first kappa shape index (κ1) is 13.2. The zero-order valence-electron chi connectivity index (χ0n) is 11.6. The van der Waals surface area contributed by atoms with Crippen LogP contribution in [0.2, 0.25) is 0 Å². The molecule has 0 amide bonds. The Morgan fingerprint density at radius 2 is 1.70 bits per heavy atom. The van der Waals surface area contributed by atoms with Crippen LogP contribution in [-0.4, -0.2) is 12.9 Å². The number of rotatable bonds is 4. The van der Waals surface area contributed by atoms with Crippen LogP contribution in [0.1, 0.15) is 24.9 Å². The molecule has 20 heavy (non-hydrogen) atoms. The highest BCUT2D eigenvalue weighted by Crippen LogP contribution is 2.38. The van der Waals surface area contributed by atoms with Crippen molar-refractivity contribution in [2.24, 2.45) is 0 Å². The standard InChI is InChI=1S/C17H19NO2/c1-2-19-17-13-16(14-9-5-3-6-10-14)18(20-17)15-11-7-4-8-12-15/h3-12,16-17H,2,13H2,1H3/t16-,17-/m0/s1. The number of para-hydroxylation sites is 1. The third-order valence-electron chi connectivity index (χ3n) is 3.48. The van der Waals surface area contributed by atoms with Crippen molar-refractivity contribution in [3.63, 3.8) is 0 Å². The number of nitrogens with zero attached hydrogens (tertiary/aromatic N) is 1. The minimum atomic E-state index is -0.176. The number of hydroxylamine groups is 1. The maximum absolute atomic E-state index is 5.97. The van der Waals surface area contributed by atoms with E-state index in [0.717, 1.165) is 12.1 Å². The van der Waals surface area contributed by atoms with Gasteiger partial charge < -0.3 is 4.74 Å². The molecule has 1 heterocycles. The zero-order valence-corrected chi connectivity index (χ0v) is 11.6. The molecule has 0 saturated carbocycles. The average Bonchev–Trinajstić information content (AvgIpc) is 2.93. The summed E-state index contributed by atoms with van der Waals surface area (Å²) in [7, 11) is 0. The fourth-order valence-electron chi connectivity index (χ4n) is 2.57.